The number of aromatic nitrogens is 4. The Morgan fingerprint density at radius 3 is 2.57 bits per heavy atom. The maximum absolute atomic E-state index is 13.0. The zero-order valence-corrected chi connectivity index (χ0v) is 12.8. The molecule has 0 spiro atoms. The van der Waals surface area contributed by atoms with E-state index in [0.29, 0.717) is 16.9 Å². The van der Waals surface area contributed by atoms with Gasteiger partial charge in [-0.25, -0.2) is 9.07 Å². The molecule has 0 N–H and O–H groups in total. The van der Waals surface area contributed by atoms with Gasteiger partial charge in [-0.05, 0) is 43.3 Å². The lowest BCUT2D eigenvalue weighted by atomic mass is 10.1. The lowest BCUT2D eigenvalue weighted by Gasteiger charge is -2.04. The van der Waals surface area contributed by atoms with Crippen LogP contribution in [0.25, 0.3) is 11.8 Å². The van der Waals surface area contributed by atoms with E-state index in [2.05, 4.69) is 10.2 Å². The number of aryl methyl sites for hydroxylation is 1. The number of hydrogen-bond donors (Lipinski definition) is 0. The van der Waals surface area contributed by atoms with Crippen molar-refractivity contribution >= 4 is 11.9 Å². The van der Waals surface area contributed by atoms with Crippen molar-refractivity contribution in [3.63, 3.8) is 0 Å². The zero-order chi connectivity index (χ0) is 16.4. The number of carbonyl (C=O) groups is 1. The van der Waals surface area contributed by atoms with E-state index >= 15 is 0 Å². The second-order valence-electron chi connectivity index (χ2n) is 5.18. The SMILES string of the molecule is Cc1c(C(=O)C=Cc2cnn(C)c2)cnn1-c1ccc(F)cc1. The van der Waals surface area contributed by atoms with E-state index in [4.69, 9.17) is 0 Å². The molecule has 0 aliphatic rings. The quantitative estimate of drug-likeness (QED) is 0.550. The molecule has 3 aromatic rings. The Labute approximate surface area is 132 Å². The molecule has 0 aliphatic heterocycles. The molecule has 5 nitrogen and oxygen atoms in total. The van der Waals surface area contributed by atoms with Gasteiger partial charge in [0.05, 0.1) is 29.3 Å². The van der Waals surface area contributed by atoms with Gasteiger partial charge in [-0.3, -0.25) is 9.48 Å². The fourth-order valence-corrected chi connectivity index (χ4v) is 2.28. The van der Waals surface area contributed by atoms with Crippen LogP contribution in [0.2, 0.25) is 0 Å². The number of ketones is 1. The van der Waals surface area contributed by atoms with Gasteiger partial charge in [0.1, 0.15) is 5.82 Å². The number of halogens is 1. The Bertz CT molecular complexity index is 874. The summed E-state index contributed by atoms with van der Waals surface area (Å²) < 4.78 is 16.3. The Hall–Kier alpha value is -3.02. The van der Waals surface area contributed by atoms with Crippen molar-refractivity contribution in [1.29, 1.82) is 0 Å². The molecule has 0 unspecified atom stereocenters. The molecular formula is C17H15FN4O. The van der Waals surface area contributed by atoms with Crippen LogP contribution in [0.3, 0.4) is 0 Å². The summed E-state index contributed by atoms with van der Waals surface area (Å²) in [6.07, 6.45) is 8.23. The molecular weight excluding hydrogens is 295 g/mol. The maximum atomic E-state index is 13.0. The van der Waals surface area contributed by atoms with Crippen molar-refractivity contribution in [3.05, 3.63) is 71.6 Å². The highest BCUT2D eigenvalue weighted by molar-refractivity contribution is 6.07. The Morgan fingerprint density at radius 2 is 1.91 bits per heavy atom. The first-order chi connectivity index (χ1) is 11.0. The average molecular weight is 310 g/mol. The molecule has 0 fully saturated rings. The highest BCUT2D eigenvalue weighted by Crippen LogP contribution is 2.16. The van der Waals surface area contributed by atoms with Crippen molar-refractivity contribution in [2.45, 2.75) is 6.92 Å². The Kier molecular flexibility index (Phi) is 3.89. The second-order valence-corrected chi connectivity index (χ2v) is 5.18. The Balaban J connectivity index is 1.85. The van der Waals surface area contributed by atoms with E-state index in [1.165, 1.54) is 24.4 Å². The first kappa shape index (κ1) is 14.9. The molecule has 0 saturated carbocycles. The smallest absolute Gasteiger partial charge is 0.189 e. The van der Waals surface area contributed by atoms with Crippen molar-refractivity contribution in [2.24, 2.45) is 7.05 Å². The first-order valence-corrected chi connectivity index (χ1v) is 7.06. The second kappa shape index (κ2) is 6.00. The van der Waals surface area contributed by atoms with Crippen molar-refractivity contribution in [3.8, 4) is 5.69 Å². The molecule has 0 saturated heterocycles. The summed E-state index contributed by atoms with van der Waals surface area (Å²) in [7, 11) is 1.82. The number of hydrogen-bond acceptors (Lipinski definition) is 3. The number of nitrogens with zero attached hydrogens (tertiary/aromatic N) is 4. The molecule has 23 heavy (non-hydrogen) atoms. The highest BCUT2D eigenvalue weighted by atomic mass is 19.1. The fourth-order valence-electron chi connectivity index (χ4n) is 2.28. The molecule has 0 amide bonds. The zero-order valence-electron chi connectivity index (χ0n) is 12.8. The number of rotatable bonds is 4. The normalized spacial score (nSPS) is 11.3. The van der Waals surface area contributed by atoms with Gasteiger partial charge in [0.25, 0.3) is 0 Å². The van der Waals surface area contributed by atoms with E-state index in [-0.39, 0.29) is 11.6 Å². The van der Waals surface area contributed by atoms with Crippen LogP contribution in [0.15, 0.2) is 48.9 Å². The number of carbonyl (C=O) groups excluding carboxylic acids is 1. The van der Waals surface area contributed by atoms with Gasteiger partial charge in [0.15, 0.2) is 5.78 Å². The van der Waals surface area contributed by atoms with Crippen LogP contribution in [-0.4, -0.2) is 25.3 Å². The van der Waals surface area contributed by atoms with Gasteiger partial charge in [-0.15, -0.1) is 0 Å². The van der Waals surface area contributed by atoms with Crippen LogP contribution in [0.5, 0.6) is 0 Å². The van der Waals surface area contributed by atoms with Gasteiger partial charge >= 0.3 is 0 Å². The third-order valence-electron chi connectivity index (χ3n) is 3.50. The average Bonchev–Trinajstić information content (AvgIpc) is 3.12. The predicted octanol–water partition coefficient (Wildman–Crippen LogP) is 2.95. The van der Waals surface area contributed by atoms with Crippen LogP contribution in [0.4, 0.5) is 4.39 Å². The van der Waals surface area contributed by atoms with Crippen LogP contribution < -0.4 is 0 Å². The largest absolute Gasteiger partial charge is 0.289 e. The molecule has 116 valence electrons. The van der Waals surface area contributed by atoms with E-state index in [0.717, 1.165) is 5.56 Å². The predicted molar refractivity (Wildman–Crippen MR) is 84.8 cm³/mol. The third-order valence-corrected chi connectivity index (χ3v) is 3.50. The van der Waals surface area contributed by atoms with Crippen molar-refractivity contribution in [2.75, 3.05) is 0 Å². The van der Waals surface area contributed by atoms with E-state index < -0.39 is 0 Å². The standard InChI is InChI=1S/C17H15FN4O/c1-12-16(17(23)8-3-13-9-19-21(2)11-13)10-20-22(12)15-6-4-14(18)5-7-15/h3-11H,1-2H3. The summed E-state index contributed by atoms with van der Waals surface area (Å²) in [4.78, 5) is 12.3. The van der Waals surface area contributed by atoms with Gasteiger partial charge in [0.2, 0.25) is 0 Å². The van der Waals surface area contributed by atoms with Gasteiger partial charge < -0.3 is 0 Å². The molecule has 0 atom stereocenters. The highest BCUT2D eigenvalue weighted by Gasteiger charge is 2.13. The maximum Gasteiger partial charge on any atom is 0.189 e. The molecule has 3 rings (SSSR count). The van der Waals surface area contributed by atoms with Crippen LogP contribution in [-0.2, 0) is 7.05 Å². The van der Waals surface area contributed by atoms with Gasteiger partial charge in [0, 0.05) is 18.8 Å². The lowest BCUT2D eigenvalue weighted by molar-refractivity contribution is 0.104. The van der Waals surface area contributed by atoms with Crippen LogP contribution >= 0.6 is 0 Å². The topological polar surface area (TPSA) is 52.7 Å². The molecule has 0 radical (unpaired) electrons. The fraction of sp³-hybridized carbons (Fsp3) is 0.118. The summed E-state index contributed by atoms with van der Waals surface area (Å²) in [6, 6.07) is 5.96. The summed E-state index contributed by atoms with van der Waals surface area (Å²) >= 11 is 0. The minimum atomic E-state index is -0.311. The molecule has 1 aromatic carbocycles. The van der Waals surface area contributed by atoms with Crippen molar-refractivity contribution in [1.82, 2.24) is 19.6 Å². The monoisotopic (exact) mass is 310 g/mol. The molecule has 2 aromatic heterocycles. The van der Waals surface area contributed by atoms with E-state index in [9.17, 15) is 9.18 Å². The van der Waals surface area contributed by atoms with E-state index in [1.807, 2.05) is 20.2 Å². The summed E-state index contributed by atoms with van der Waals surface area (Å²) in [5.74, 6) is -0.450. The molecule has 0 aliphatic carbocycles. The number of allylic oxidation sites excluding steroid dienone is 1. The number of benzene rings is 1. The van der Waals surface area contributed by atoms with Crippen LogP contribution in [0, 0.1) is 12.7 Å². The van der Waals surface area contributed by atoms with Crippen LogP contribution in [0.1, 0.15) is 21.6 Å². The van der Waals surface area contributed by atoms with Crippen molar-refractivity contribution < 1.29 is 9.18 Å². The van der Waals surface area contributed by atoms with E-state index in [1.54, 1.807) is 33.8 Å². The van der Waals surface area contributed by atoms with Gasteiger partial charge in [-0.2, -0.15) is 10.2 Å². The molecule has 6 heteroatoms. The minimum Gasteiger partial charge on any atom is -0.289 e. The minimum absolute atomic E-state index is 0.139. The summed E-state index contributed by atoms with van der Waals surface area (Å²) in [5.41, 5.74) is 2.77. The first-order valence-electron chi connectivity index (χ1n) is 7.06. The summed E-state index contributed by atoms with van der Waals surface area (Å²) in [5, 5.41) is 8.26. The molecule has 2 heterocycles. The summed E-state index contributed by atoms with van der Waals surface area (Å²) in [6.45, 7) is 1.81. The third kappa shape index (κ3) is 3.11. The van der Waals surface area contributed by atoms with Gasteiger partial charge in [-0.1, -0.05) is 0 Å². The molecule has 0 bridgehead atoms. The Morgan fingerprint density at radius 1 is 1.17 bits per heavy atom. The lowest BCUT2D eigenvalue weighted by Crippen LogP contribution is -2.01.